The lowest BCUT2D eigenvalue weighted by molar-refractivity contribution is 0.0709. The SMILES string of the molecule is CC(C)(O)CCc1c(F)cc(CN2CCNCC2)cc1F.Cl. The third-order valence-corrected chi connectivity index (χ3v) is 3.80. The minimum absolute atomic E-state index is 0. The van der Waals surface area contributed by atoms with E-state index in [0.29, 0.717) is 18.5 Å². The number of halogens is 3. The molecule has 0 aliphatic carbocycles. The van der Waals surface area contributed by atoms with Crippen LogP contribution in [0, 0.1) is 11.6 Å². The average molecular weight is 335 g/mol. The second-order valence-corrected chi connectivity index (χ2v) is 6.38. The fourth-order valence-corrected chi connectivity index (χ4v) is 2.54. The molecule has 1 saturated heterocycles. The number of nitrogens with one attached hydrogen (secondary N) is 1. The van der Waals surface area contributed by atoms with Gasteiger partial charge in [0.1, 0.15) is 11.6 Å². The molecule has 0 bridgehead atoms. The van der Waals surface area contributed by atoms with Gasteiger partial charge in [-0.25, -0.2) is 8.78 Å². The van der Waals surface area contributed by atoms with Gasteiger partial charge in [-0.15, -0.1) is 12.4 Å². The third-order valence-electron chi connectivity index (χ3n) is 3.80. The first-order valence-electron chi connectivity index (χ1n) is 7.47. The third kappa shape index (κ3) is 5.80. The Kier molecular flexibility index (Phi) is 7.19. The Bertz CT molecular complexity index is 463. The molecule has 0 amide bonds. The second kappa shape index (κ2) is 8.20. The molecule has 0 atom stereocenters. The van der Waals surface area contributed by atoms with Gasteiger partial charge in [-0.05, 0) is 44.4 Å². The Labute approximate surface area is 137 Å². The van der Waals surface area contributed by atoms with Gasteiger partial charge in [0.2, 0.25) is 0 Å². The lowest BCUT2D eigenvalue weighted by Crippen LogP contribution is -2.42. The zero-order valence-electron chi connectivity index (χ0n) is 13.2. The van der Waals surface area contributed by atoms with Crippen molar-refractivity contribution < 1.29 is 13.9 Å². The van der Waals surface area contributed by atoms with E-state index in [0.717, 1.165) is 26.2 Å². The summed E-state index contributed by atoms with van der Waals surface area (Å²) in [5.74, 6) is -1.02. The molecular formula is C16H25ClF2N2O. The summed E-state index contributed by atoms with van der Waals surface area (Å²) in [6.07, 6.45) is 0.535. The number of piperazine rings is 1. The van der Waals surface area contributed by atoms with E-state index in [1.165, 1.54) is 12.1 Å². The zero-order chi connectivity index (χ0) is 15.5. The average Bonchev–Trinajstić information content (AvgIpc) is 2.37. The fourth-order valence-electron chi connectivity index (χ4n) is 2.54. The van der Waals surface area contributed by atoms with Gasteiger partial charge in [0.15, 0.2) is 0 Å². The minimum Gasteiger partial charge on any atom is -0.390 e. The molecule has 1 aliphatic heterocycles. The van der Waals surface area contributed by atoms with E-state index in [9.17, 15) is 13.9 Å². The standard InChI is InChI=1S/C16H24F2N2O.ClH/c1-16(2,21)4-3-13-14(17)9-12(10-15(13)18)11-20-7-5-19-6-8-20;/h9-10,19,21H,3-8,11H2,1-2H3;1H. The molecule has 1 aromatic carbocycles. The molecule has 0 spiro atoms. The summed E-state index contributed by atoms with van der Waals surface area (Å²) < 4.78 is 28.2. The van der Waals surface area contributed by atoms with Crippen molar-refractivity contribution in [1.29, 1.82) is 0 Å². The van der Waals surface area contributed by atoms with Gasteiger partial charge in [0, 0.05) is 38.3 Å². The molecule has 0 unspecified atom stereocenters. The van der Waals surface area contributed by atoms with Crippen molar-refractivity contribution in [1.82, 2.24) is 10.2 Å². The molecule has 0 radical (unpaired) electrons. The molecule has 1 heterocycles. The van der Waals surface area contributed by atoms with Crippen LogP contribution in [0.1, 0.15) is 31.4 Å². The van der Waals surface area contributed by atoms with Crippen molar-refractivity contribution in [3.8, 4) is 0 Å². The highest BCUT2D eigenvalue weighted by Crippen LogP contribution is 2.21. The van der Waals surface area contributed by atoms with Crippen LogP contribution in [0.4, 0.5) is 8.78 Å². The topological polar surface area (TPSA) is 35.5 Å². The number of hydrogen-bond acceptors (Lipinski definition) is 3. The van der Waals surface area contributed by atoms with Crippen LogP contribution in [0.15, 0.2) is 12.1 Å². The lowest BCUT2D eigenvalue weighted by atomic mass is 9.97. The predicted molar refractivity (Wildman–Crippen MR) is 86.4 cm³/mol. The Hall–Kier alpha value is -0.750. The first kappa shape index (κ1) is 19.3. The maximum Gasteiger partial charge on any atom is 0.129 e. The molecule has 126 valence electrons. The summed E-state index contributed by atoms with van der Waals surface area (Å²) in [7, 11) is 0. The lowest BCUT2D eigenvalue weighted by Gasteiger charge is -2.27. The molecule has 1 aliphatic rings. The van der Waals surface area contributed by atoms with E-state index < -0.39 is 17.2 Å². The summed E-state index contributed by atoms with van der Waals surface area (Å²) in [6, 6.07) is 2.84. The van der Waals surface area contributed by atoms with Crippen LogP contribution >= 0.6 is 12.4 Å². The van der Waals surface area contributed by atoms with Gasteiger partial charge in [-0.2, -0.15) is 0 Å². The van der Waals surface area contributed by atoms with E-state index in [2.05, 4.69) is 10.2 Å². The molecule has 6 heteroatoms. The molecular weight excluding hydrogens is 310 g/mol. The number of aliphatic hydroxyl groups is 1. The van der Waals surface area contributed by atoms with Crippen LogP contribution in [0.25, 0.3) is 0 Å². The number of hydrogen-bond donors (Lipinski definition) is 2. The zero-order valence-corrected chi connectivity index (χ0v) is 14.0. The van der Waals surface area contributed by atoms with Crippen molar-refractivity contribution in [2.45, 2.75) is 38.8 Å². The van der Waals surface area contributed by atoms with Crippen molar-refractivity contribution >= 4 is 12.4 Å². The molecule has 22 heavy (non-hydrogen) atoms. The van der Waals surface area contributed by atoms with Crippen molar-refractivity contribution in [2.75, 3.05) is 26.2 Å². The van der Waals surface area contributed by atoms with Crippen molar-refractivity contribution in [2.24, 2.45) is 0 Å². The molecule has 2 rings (SSSR count). The van der Waals surface area contributed by atoms with Crippen LogP contribution < -0.4 is 5.32 Å². The summed E-state index contributed by atoms with van der Waals surface area (Å²) in [5, 5.41) is 12.9. The van der Waals surface area contributed by atoms with E-state index >= 15 is 0 Å². The molecule has 1 aromatic rings. The van der Waals surface area contributed by atoms with Crippen LogP contribution in [0.5, 0.6) is 0 Å². The van der Waals surface area contributed by atoms with Gasteiger partial charge >= 0.3 is 0 Å². The highest BCUT2D eigenvalue weighted by molar-refractivity contribution is 5.85. The molecule has 0 aromatic heterocycles. The minimum atomic E-state index is -0.918. The summed E-state index contributed by atoms with van der Waals surface area (Å²) in [6.45, 7) is 7.46. The van der Waals surface area contributed by atoms with E-state index in [1.807, 2.05) is 0 Å². The van der Waals surface area contributed by atoms with E-state index in [1.54, 1.807) is 13.8 Å². The van der Waals surface area contributed by atoms with Gasteiger partial charge in [0.05, 0.1) is 5.60 Å². The molecule has 2 N–H and O–H groups in total. The number of rotatable bonds is 5. The van der Waals surface area contributed by atoms with Crippen molar-refractivity contribution in [3.05, 3.63) is 34.9 Å². The van der Waals surface area contributed by atoms with E-state index in [4.69, 9.17) is 0 Å². The van der Waals surface area contributed by atoms with Gasteiger partial charge in [0.25, 0.3) is 0 Å². The first-order valence-corrected chi connectivity index (χ1v) is 7.47. The Balaban J connectivity index is 0.00000242. The predicted octanol–water partition coefficient (Wildman–Crippen LogP) is 2.50. The number of nitrogens with zero attached hydrogens (tertiary/aromatic N) is 1. The van der Waals surface area contributed by atoms with Crippen LogP contribution in [-0.2, 0) is 13.0 Å². The molecule has 1 fully saturated rings. The second-order valence-electron chi connectivity index (χ2n) is 6.38. The maximum atomic E-state index is 14.1. The summed E-state index contributed by atoms with van der Waals surface area (Å²) in [5.41, 5.74) is -0.182. The highest BCUT2D eigenvalue weighted by Gasteiger charge is 2.18. The largest absolute Gasteiger partial charge is 0.390 e. The van der Waals surface area contributed by atoms with Gasteiger partial charge in [-0.3, -0.25) is 4.90 Å². The molecule has 0 saturated carbocycles. The summed E-state index contributed by atoms with van der Waals surface area (Å²) in [4.78, 5) is 2.18. The van der Waals surface area contributed by atoms with Gasteiger partial charge < -0.3 is 10.4 Å². The first-order chi connectivity index (χ1) is 9.85. The maximum absolute atomic E-state index is 14.1. The number of benzene rings is 1. The Morgan fingerprint density at radius 2 is 1.73 bits per heavy atom. The van der Waals surface area contributed by atoms with Crippen molar-refractivity contribution in [3.63, 3.8) is 0 Å². The fraction of sp³-hybridized carbons (Fsp3) is 0.625. The summed E-state index contributed by atoms with van der Waals surface area (Å²) >= 11 is 0. The Morgan fingerprint density at radius 3 is 2.23 bits per heavy atom. The normalized spacial score (nSPS) is 16.4. The quantitative estimate of drug-likeness (QED) is 0.868. The van der Waals surface area contributed by atoms with Crippen LogP contribution in [-0.4, -0.2) is 41.8 Å². The van der Waals surface area contributed by atoms with E-state index in [-0.39, 0.29) is 24.4 Å². The monoisotopic (exact) mass is 334 g/mol. The Morgan fingerprint density at radius 1 is 1.18 bits per heavy atom. The van der Waals surface area contributed by atoms with Crippen LogP contribution in [0.3, 0.4) is 0 Å². The molecule has 3 nitrogen and oxygen atoms in total. The highest BCUT2D eigenvalue weighted by atomic mass is 35.5. The smallest absolute Gasteiger partial charge is 0.129 e. The van der Waals surface area contributed by atoms with Crippen LogP contribution in [0.2, 0.25) is 0 Å². The van der Waals surface area contributed by atoms with Gasteiger partial charge in [-0.1, -0.05) is 0 Å².